The zero-order valence-corrected chi connectivity index (χ0v) is 18.2. The van der Waals surface area contributed by atoms with Gasteiger partial charge in [-0.25, -0.2) is 0 Å². The molecule has 0 N–H and O–H groups in total. The van der Waals surface area contributed by atoms with Gasteiger partial charge >= 0.3 is 0 Å². The summed E-state index contributed by atoms with van der Waals surface area (Å²) < 4.78 is 0. The van der Waals surface area contributed by atoms with E-state index >= 15 is 0 Å². The average Bonchev–Trinajstić information content (AvgIpc) is 3.26. The summed E-state index contributed by atoms with van der Waals surface area (Å²) in [6.45, 7) is 5.08. The van der Waals surface area contributed by atoms with Gasteiger partial charge in [0.1, 0.15) is 0 Å². The lowest BCUT2D eigenvalue weighted by Gasteiger charge is -2.37. The maximum absolute atomic E-state index is 13.7. The molecular formula is C26H35N3O. The summed E-state index contributed by atoms with van der Waals surface area (Å²) >= 11 is 0. The molecule has 4 heteroatoms. The van der Waals surface area contributed by atoms with E-state index in [2.05, 4.69) is 70.5 Å². The molecule has 0 aromatic heterocycles. The smallest absolute Gasteiger partial charge is 0.240 e. The molecule has 4 nitrogen and oxygen atoms in total. The van der Waals surface area contributed by atoms with Crippen LogP contribution < -0.4 is 0 Å². The second-order valence-corrected chi connectivity index (χ2v) is 8.85. The molecule has 30 heavy (non-hydrogen) atoms. The fourth-order valence-corrected chi connectivity index (χ4v) is 5.01. The number of piperidine rings is 1. The van der Waals surface area contributed by atoms with Crippen LogP contribution in [0.4, 0.5) is 0 Å². The molecule has 2 saturated heterocycles. The molecule has 1 amide bonds. The molecule has 4 rings (SSSR count). The summed E-state index contributed by atoms with van der Waals surface area (Å²) in [5, 5.41) is 0. The van der Waals surface area contributed by atoms with Crippen molar-refractivity contribution in [3.63, 3.8) is 0 Å². The van der Waals surface area contributed by atoms with Gasteiger partial charge in [0, 0.05) is 20.1 Å². The van der Waals surface area contributed by atoms with Crippen molar-refractivity contribution in [1.29, 1.82) is 0 Å². The number of hydrogen-bond acceptors (Lipinski definition) is 3. The Labute approximate surface area is 181 Å². The Morgan fingerprint density at radius 3 is 2.30 bits per heavy atom. The van der Waals surface area contributed by atoms with Crippen molar-refractivity contribution in [1.82, 2.24) is 14.7 Å². The summed E-state index contributed by atoms with van der Waals surface area (Å²) in [7, 11) is 2.02. The van der Waals surface area contributed by atoms with Gasteiger partial charge in [0.2, 0.25) is 5.91 Å². The number of carbonyl (C=O) groups excluding carboxylic acids is 1. The highest BCUT2D eigenvalue weighted by atomic mass is 16.2. The first-order valence-electron chi connectivity index (χ1n) is 11.5. The number of nitrogens with zero attached hydrogens (tertiary/aromatic N) is 3. The van der Waals surface area contributed by atoms with E-state index in [1.54, 1.807) is 0 Å². The second-order valence-electron chi connectivity index (χ2n) is 8.85. The Hall–Kier alpha value is -2.17. The molecule has 2 aliphatic heterocycles. The van der Waals surface area contributed by atoms with E-state index in [-0.39, 0.29) is 18.0 Å². The van der Waals surface area contributed by atoms with Crippen LogP contribution in [0.15, 0.2) is 60.7 Å². The van der Waals surface area contributed by atoms with Crippen molar-refractivity contribution in [2.75, 3.05) is 33.2 Å². The van der Waals surface area contributed by atoms with E-state index in [9.17, 15) is 4.79 Å². The maximum Gasteiger partial charge on any atom is 0.240 e. The minimum atomic E-state index is -0.0113. The topological polar surface area (TPSA) is 26.8 Å². The third-order valence-electron chi connectivity index (χ3n) is 6.76. The second kappa shape index (κ2) is 10.2. The Balaban J connectivity index is 1.49. The van der Waals surface area contributed by atoms with Gasteiger partial charge in [-0.15, -0.1) is 0 Å². The summed E-state index contributed by atoms with van der Waals surface area (Å²) in [5.41, 5.74) is 2.53. The third-order valence-corrected chi connectivity index (χ3v) is 6.76. The van der Waals surface area contributed by atoms with Crippen molar-refractivity contribution < 1.29 is 4.79 Å². The van der Waals surface area contributed by atoms with E-state index in [0.29, 0.717) is 0 Å². The Morgan fingerprint density at radius 2 is 1.60 bits per heavy atom. The first-order valence-corrected chi connectivity index (χ1v) is 11.5. The average molecular weight is 406 g/mol. The highest BCUT2D eigenvalue weighted by Gasteiger charge is 2.35. The van der Waals surface area contributed by atoms with Gasteiger partial charge in [-0.3, -0.25) is 9.69 Å². The minimum Gasteiger partial charge on any atom is -0.336 e. The number of likely N-dealkylation sites (N-methyl/N-ethyl adjacent to an activating group) is 1. The predicted octanol–water partition coefficient (Wildman–Crippen LogP) is 4.34. The molecule has 160 valence electrons. The van der Waals surface area contributed by atoms with Gasteiger partial charge in [-0.2, -0.15) is 0 Å². The number of carbonyl (C=O) groups is 1. The number of benzene rings is 2. The Bertz CT molecular complexity index is 788. The number of hydrogen-bond donors (Lipinski definition) is 0. The summed E-state index contributed by atoms with van der Waals surface area (Å²) in [6, 6.07) is 21.2. The fraction of sp³-hybridized carbons (Fsp3) is 0.500. The lowest BCUT2D eigenvalue weighted by atomic mass is 10.0. The highest BCUT2D eigenvalue weighted by Crippen LogP contribution is 2.27. The van der Waals surface area contributed by atoms with Gasteiger partial charge in [-0.1, -0.05) is 67.1 Å². The van der Waals surface area contributed by atoms with Crippen LogP contribution in [0.3, 0.4) is 0 Å². The molecule has 0 aliphatic carbocycles. The summed E-state index contributed by atoms with van der Waals surface area (Å²) in [4.78, 5) is 20.6. The zero-order chi connectivity index (χ0) is 20.8. The minimum absolute atomic E-state index is 0.0113. The maximum atomic E-state index is 13.7. The largest absolute Gasteiger partial charge is 0.336 e. The van der Waals surface area contributed by atoms with E-state index in [1.807, 2.05) is 11.9 Å². The normalized spacial score (nSPS) is 21.4. The summed E-state index contributed by atoms with van der Waals surface area (Å²) in [5.74, 6) is 0.272. The molecule has 0 saturated carbocycles. The van der Waals surface area contributed by atoms with Crippen LogP contribution in [0.5, 0.6) is 0 Å². The molecule has 2 fully saturated rings. The van der Waals surface area contributed by atoms with Gasteiger partial charge in [-0.05, 0) is 56.4 Å². The molecule has 1 unspecified atom stereocenters. The molecule has 2 aromatic carbocycles. The van der Waals surface area contributed by atoms with Crippen LogP contribution in [0.1, 0.15) is 49.3 Å². The van der Waals surface area contributed by atoms with Crippen LogP contribution in [0.2, 0.25) is 0 Å². The lowest BCUT2D eigenvalue weighted by Crippen LogP contribution is -2.48. The van der Waals surface area contributed by atoms with Crippen LogP contribution in [-0.4, -0.2) is 59.9 Å². The first-order chi connectivity index (χ1) is 14.7. The zero-order valence-electron chi connectivity index (χ0n) is 18.2. The SMILES string of the molecule is CN(C(=O)C1CCCN1Cc1ccccc1)[C@H](CN1CCCCC1)c1ccccc1. The van der Waals surface area contributed by atoms with Crippen LogP contribution in [0.25, 0.3) is 0 Å². The number of likely N-dealkylation sites (tertiary alicyclic amines) is 2. The molecule has 2 aliphatic rings. The van der Waals surface area contributed by atoms with Gasteiger partial charge in [0.15, 0.2) is 0 Å². The van der Waals surface area contributed by atoms with E-state index in [1.165, 1.54) is 30.4 Å². The Morgan fingerprint density at radius 1 is 0.933 bits per heavy atom. The quantitative estimate of drug-likeness (QED) is 0.686. The third kappa shape index (κ3) is 5.11. The van der Waals surface area contributed by atoms with Crippen molar-refractivity contribution in [3.8, 4) is 0 Å². The lowest BCUT2D eigenvalue weighted by molar-refractivity contribution is -0.137. The van der Waals surface area contributed by atoms with Crippen molar-refractivity contribution in [3.05, 3.63) is 71.8 Å². The standard InChI is InChI=1S/C26H35N3O/c1-27(25(23-14-7-3-8-15-23)21-28-17-9-4-10-18-28)26(30)24-16-11-19-29(24)20-22-12-5-2-6-13-22/h2-3,5-8,12-15,24-25H,4,9-11,16-21H2,1H3/t24?,25-/m1/s1. The van der Waals surface area contributed by atoms with Gasteiger partial charge in [0.05, 0.1) is 12.1 Å². The van der Waals surface area contributed by atoms with Crippen LogP contribution >= 0.6 is 0 Å². The van der Waals surface area contributed by atoms with Crippen molar-refractivity contribution in [2.24, 2.45) is 0 Å². The fourth-order valence-electron chi connectivity index (χ4n) is 5.01. The molecule has 0 spiro atoms. The molecular weight excluding hydrogens is 370 g/mol. The molecule has 2 aromatic rings. The van der Waals surface area contributed by atoms with E-state index in [0.717, 1.165) is 45.6 Å². The molecule has 2 heterocycles. The van der Waals surface area contributed by atoms with Crippen LogP contribution in [0, 0.1) is 0 Å². The van der Waals surface area contributed by atoms with Gasteiger partial charge in [0.25, 0.3) is 0 Å². The first kappa shape index (κ1) is 21.1. The number of rotatable bonds is 7. The predicted molar refractivity (Wildman–Crippen MR) is 122 cm³/mol. The molecule has 0 bridgehead atoms. The summed E-state index contributed by atoms with van der Waals surface area (Å²) in [6.07, 6.45) is 5.93. The van der Waals surface area contributed by atoms with E-state index in [4.69, 9.17) is 0 Å². The van der Waals surface area contributed by atoms with Crippen molar-refractivity contribution in [2.45, 2.75) is 50.7 Å². The number of amides is 1. The molecule has 0 radical (unpaired) electrons. The Kier molecular flexibility index (Phi) is 7.19. The monoisotopic (exact) mass is 405 g/mol. The molecule has 2 atom stereocenters. The van der Waals surface area contributed by atoms with Crippen LogP contribution in [-0.2, 0) is 11.3 Å². The van der Waals surface area contributed by atoms with E-state index < -0.39 is 0 Å². The van der Waals surface area contributed by atoms with Crippen molar-refractivity contribution >= 4 is 5.91 Å². The highest BCUT2D eigenvalue weighted by molar-refractivity contribution is 5.82. The van der Waals surface area contributed by atoms with Gasteiger partial charge < -0.3 is 9.80 Å².